The number of aryl methyl sites for hydroxylation is 1. The molecule has 6 nitrogen and oxygen atoms in total. The first kappa shape index (κ1) is 11.3. The van der Waals surface area contributed by atoms with Crippen LogP contribution in [0.2, 0.25) is 0 Å². The highest BCUT2D eigenvalue weighted by atomic mass is 16.5. The third kappa shape index (κ3) is 1.68. The number of methoxy groups -OCH3 is 1. The van der Waals surface area contributed by atoms with Crippen molar-refractivity contribution in [3.63, 3.8) is 0 Å². The average molecular weight is 249 g/mol. The van der Waals surface area contributed by atoms with E-state index < -0.39 is 0 Å². The fourth-order valence-electron chi connectivity index (χ4n) is 2.82. The van der Waals surface area contributed by atoms with Crippen LogP contribution >= 0.6 is 0 Å². The zero-order valence-electron chi connectivity index (χ0n) is 10.4. The number of piperidine rings is 1. The van der Waals surface area contributed by atoms with Crippen molar-refractivity contribution in [2.75, 3.05) is 13.7 Å². The van der Waals surface area contributed by atoms with Gasteiger partial charge >= 0.3 is 6.09 Å². The Morgan fingerprint density at radius 1 is 1.56 bits per heavy atom. The molecule has 1 amide bonds. The van der Waals surface area contributed by atoms with Gasteiger partial charge in [-0.1, -0.05) is 17.3 Å². The molecule has 4 rings (SSSR count). The van der Waals surface area contributed by atoms with Crippen molar-refractivity contribution in [2.24, 2.45) is 5.92 Å². The van der Waals surface area contributed by atoms with Gasteiger partial charge in [0.2, 0.25) is 5.89 Å². The summed E-state index contributed by atoms with van der Waals surface area (Å²) in [4.78, 5) is 17.8. The van der Waals surface area contributed by atoms with Gasteiger partial charge < -0.3 is 14.2 Å². The minimum atomic E-state index is -0.292. The Kier molecular flexibility index (Phi) is 2.57. The number of aromatic nitrogens is 2. The zero-order chi connectivity index (χ0) is 12.7. The molecule has 1 aliphatic carbocycles. The lowest BCUT2D eigenvalue weighted by molar-refractivity contribution is 0.0755. The van der Waals surface area contributed by atoms with Crippen molar-refractivity contribution in [3.05, 3.63) is 23.9 Å². The van der Waals surface area contributed by atoms with E-state index in [1.807, 2.05) is 6.08 Å². The van der Waals surface area contributed by atoms with E-state index in [0.29, 0.717) is 24.2 Å². The monoisotopic (exact) mass is 249 g/mol. The van der Waals surface area contributed by atoms with Gasteiger partial charge in [0.05, 0.1) is 13.2 Å². The number of carbonyl (C=O) groups is 1. The Morgan fingerprint density at radius 2 is 2.39 bits per heavy atom. The number of hydrogen-bond acceptors (Lipinski definition) is 5. The summed E-state index contributed by atoms with van der Waals surface area (Å²) >= 11 is 0. The first-order valence-corrected chi connectivity index (χ1v) is 6.02. The highest BCUT2D eigenvalue weighted by molar-refractivity contribution is 5.69. The van der Waals surface area contributed by atoms with Gasteiger partial charge in [-0.15, -0.1) is 0 Å². The van der Waals surface area contributed by atoms with E-state index in [4.69, 9.17) is 9.26 Å². The van der Waals surface area contributed by atoms with Crippen LogP contribution in [0.15, 0.2) is 16.7 Å². The lowest BCUT2D eigenvalue weighted by Crippen LogP contribution is -2.52. The van der Waals surface area contributed by atoms with Gasteiger partial charge in [-0.25, -0.2) is 4.79 Å². The third-order valence-corrected chi connectivity index (χ3v) is 3.62. The molecule has 1 saturated heterocycles. The molecule has 6 heteroatoms. The summed E-state index contributed by atoms with van der Waals surface area (Å²) in [5.41, 5.74) is 0. The Balaban J connectivity index is 1.89. The van der Waals surface area contributed by atoms with Gasteiger partial charge in [-0.05, 0) is 12.3 Å². The zero-order valence-corrected chi connectivity index (χ0v) is 10.4. The summed E-state index contributed by atoms with van der Waals surface area (Å²) in [5, 5.41) is 3.98. The van der Waals surface area contributed by atoms with Gasteiger partial charge in [0.15, 0.2) is 5.82 Å². The molecule has 96 valence electrons. The summed E-state index contributed by atoms with van der Waals surface area (Å²) in [7, 11) is 1.40. The highest BCUT2D eigenvalue weighted by Crippen LogP contribution is 2.39. The van der Waals surface area contributed by atoms with Gasteiger partial charge in [0.1, 0.15) is 0 Å². The summed E-state index contributed by atoms with van der Waals surface area (Å²) in [6.07, 6.45) is 4.87. The molecule has 3 unspecified atom stereocenters. The van der Waals surface area contributed by atoms with Crippen molar-refractivity contribution in [1.29, 1.82) is 0 Å². The quantitative estimate of drug-likeness (QED) is 0.705. The summed E-state index contributed by atoms with van der Waals surface area (Å²) in [6, 6.07) is -0.0283. The number of ether oxygens (including phenoxy) is 1. The van der Waals surface area contributed by atoms with Crippen LogP contribution in [-0.4, -0.2) is 40.8 Å². The highest BCUT2D eigenvalue weighted by Gasteiger charge is 2.42. The van der Waals surface area contributed by atoms with Gasteiger partial charge in [-0.3, -0.25) is 0 Å². The first-order valence-electron chi connectivity index (χ1n) is 6.02. The standard InChI is InChI=1S/C12H15N3O3/c1-7-13-11(14-18-7)9-5-8-3-4-10(9)15(6-8)12(16)17-2/h3-4,8-10H,5-6H2,1-2H3. The Hall–Kier alpha value is -1.85. The molecule has 1 fully saturated rings. The first-order chi connectivity index (χ1) is 8.69. The minimum absolute atomic E-state index is 0.0283. The summed E-state index contributed by atoms with van der Waals surface area (Å²) < 4.78 is 9.85. The Labute approximate surface area is 105 Å². The van der Waals surface area contributed by atoms with Crippen LogP contribution in [0.25, 0.3) is 0 Å². The van der Waals surface area contributed by atoms with E-state index in [-0.39, 0.29) is 18.1 Å². The largest absolute Gasteiger partial charge is 0.453 e. The molecule has 0 aromatic carbocycles. The van der Waals surface area contributed by atoms with Gasteiger partial charge in [0.25, 0.3) is 0 Å². The van der Waals surface area contributed by atoms with E-state index in [2.05, 4.69) is 16.2 Å². The Morgan fingerprint density at radius 3 is 3.00 bits per heavy atom. The van der Waals surface area contributed by atoms with Crippen LogP contribution in [-0.2, 0) is 4.74 Å². The van der Waals surface area contributed by atoms with Crippen molar-refractivity contribution < 1.29 is 14.1 Å². The summed E-state index contributed by atoms with van der Waals surface area (Å²) in [6.45, 7) is 2.48. The van der Waals surface area contributed by atoms with Crippen molar-refractivity contribution in [3.8, 4) is 0 Å². The molecular weight excluding hydrogens is 234 g/mol. The molecule has 1 aromatic rings. The van der Waals surface area contributed by atoms with Crippen LogP contribution in [0.3, 0.4) is 0 Å². The molecule has 3 heterocycles. The van der Waals surface area contributed by atoms with Crippen LogP contribution in [0.4, 0.5) is 4.79 Å². The number of carbonyl (C=O) groups excluding carboxylic acids is 1. The normalized spacial score (nSPS) is 29.7. The smallest absolute Gasteiger partial charge is 0.410 e. The molecule has 2 aliphatic heterocycles. The van der Waals surface area contributed by atoms with Gasteiger partial charge in [0, 0.05) is 19.4 Å². The molecule has 0 spiro atoms. The fraction of sp³-hybridized carbons (Fsp3) is 0.583. The molecule has 0 saturated carbocycles. The number of hydrogen-bond donors (Lipinski definition) is 0. The fourth-order valence-corrected chi connectivity index (χ4v) is 2.82. The molecule has 2 bridgehead atoms. The lowest BCUT2D eigenvalue weighted by Gasteiger charge is -2.44. The van der Waals surface area contributed by atoms with Crippen LogP contribution in [0.5, 0.6) is 0 Å². The molecule has 3 aliphatic rings. The number of rotatable bonds is 1. The predicted octanol–water partition coefficient (Wildman–Crippen LogP) is 1.49. The van der Waals surface area contributed by atoms with Crippen molar-refractivity contribution in [1.82, 2.24) is 15.0 Å². The molecule has 0 radical (unpaired) electrons. The molecule has 0 N–H and O–H groups in total. The van der Waals surface area contributed by atoms with E-state index in [9.17, 15) is 4.79 Å². The topological polar surface area (TPSA) is 68.5 Å². The maximum atomic E-state index is 11.7. The second kappa shape index (κ2) is 4.12. The van der Waals surface area contributed by atoms with E-state index >= 15 is 0 Å². The SMILES string of the molecule is COC(=O)N1CC2C=CC1C(c1noc(C)n1)C2. The Bertz CT molecular complexity index is 497. The third-order valence-electron chi connectivity index (χ3n) is 3.62. The van der Waals surface area contributed by atoms with Crippen LogP contribution in [0.1, 0.15) is 24.1 Å². The average Bonchev–Trinajstić information content (AvgIpc) is 2.85. The number of fused-ring (bicyclic) bond motifs is 2. The minimum Gasteiger partial charge on any atom is -0.453 e. The maximum absolute atomic E-state index is 11.7. The van der Waals surface area contributed by atoms with Crippen molar-refractivity contribution >= 4 is 6.09 Å². The van der Waals surface area contributed by atoms with Gasteiger partial charge in [-0.2, -0.15) is 4.98 Å². The van der Waals surface area contributed by atoms with Crippen LogP contribution < -0.4 is 0 Å². The molecule has 18 heavy (non-hydrogen) atoms. The maximum Gasteiger partial charge on any atom is 0.410 e. The molecule has 3 atom stereocenters. The predicted molar refractivity (Wildman–Crippen MR) is 61.9 cm³/mol. The molecule has 1 aromatic heterocycles. The molecular formula is C12H15N3O3. The lowest BCUT2D eigenvalue weighted by atomic mass is 9.77. The van der Waals surface area contributed by atoms with E-state index in [1.54, 1.807) is 11.8 Å². The van der Waals surface area contributed by atoms with Crippen LogP contribution in [0, 0.1) is 12.8 Å². The second-order valence-corrected chi connectivity index (χ2v) is 4.77. The summed E-state index contributed by atoms with van der Waals surface area (Å²) in [5.74, 6) is 1.68. The van der Waals surface area contributed by atoms with E-state index in [0.717, 1.165) is 6.42 Å². The second-order valence-electron chi connectivity index (χ2n) is 4.77. The van der Waals surface area contributed by atoms with E-state index in [1.165, 1.54) is 7.11 Å². The number of amides is 1. The number of nitrogens with zero attached hydrogens (tertiary/aromatic N) is 3. The van der Waals surface area contributed by atoms with Crippen molar-refractivity contribution in [2.45, 2.75) is 25.3 Å².